The highest BCUT2D eigenvalue weighted by Crippen LogP contribution is 2.17. The molecule has 1 fully saturated rings. The van der Waals surface area contributed by atoms with Crippen molar-refractivity contribution in [3.63, 3.8) is 0 Å². The standard InChI is InChI=1S/C25H33N3O4/c1-26-25(28-12-11-22(17-28)18-31-14-13-30-2)27-16-21-9-6-10-23(15-21)24(29)32-19-20-7-4-3-5-8-20/h3-10,15,22H,11-14,16-19H2,1-2H3,(H,26,27). The number of carbonyl (C=O) groups is 1. The zero-order valence-corrected chi connectivity index (χ0v) is 19.0. The molecule has 32 heavy (non-hydrogen) atoms. The monoisotopic (exact) mass is 439 g/mol. The fourth-order valence-electron chi connectivity index (χ4n) is 3.68. The van der Waals surface area contributed by atoms with E-state index in [1.54, 1.807) is 20.2 Å². The van der Waals surface area contributed by atoms with Crippen molar-refractivity contribution in [3.8, 4) is 0 Å². The maximum atomic E-state index is 12.4. The highest BCUT2D eigenvalue weighted by atomic mass is 16.5. The van der Waals surface area contributed by atoms with E-state index in [9.17, 15) is 4.79 Å². The number of hydrogen-bond acceptors (Lipinski definition) is 5. The summed E-state index contributed by atoms with van der Waals surface area (Å²) in [5.41, 5.74) is 2.51. The van der Waals surface area contributed by atoms with Gasteiger partial charge < -0.3 is 24.4 Å². The van der Waals surface area contributed by atoms with Gasteiger partial charge in [-0.25, -0.2) is 4.79 Å². The van der Waals surface area contributed by atoms with E-state index in [0.29, 0.717) is 31.2 Å². The number of aliphatic imine (C=N–C) groups is 1. The lowest BCUT2D eigenvalue weighted by Gasteiger charge is -2.22. The third-order valence-electron chi connectivity index (χ3n) is 5.41. The number of nitrogens with zero attached hydrogens (tertiary/aromatic N) is 2. The van der Waals surface area contributed by atoms with E-state index in [-0.39, 0.29) is 12.6 Å². The molecule has 1 N–H and O–H groups in total. The van der Waals surface area contributed by atoms with Crippen LogP contribution in [0.2, 0.25) is 0 Å². The smallest absolute Gasteiger partial charge is 0.338 e. The van der Waals surface area contributed by atoms with Crippen LogP contribution in [0.5, 0.6) is 0 Å². The Morgan fingerprint density at radius 2 is 1.94 bits per heavy atom. The van der Waals surface area contributed by atoms with Crippen LogP contribution >= 0.6 is 0 Å². The minimum absolute atomic E-state index is 0.264. The van der Waals surface area contributed by atoms with Crippen molar-refractivity contribution in [2.45, 2.75) is 19.6 Å². The molecule has 0 saturated carbocycles. The summed E-state index contributed by atoms with van der Waals surface area (Å²) in [4.78, 5) is 19.1. The zero-order chi connectivity index (χ0) is 22.6. The molecule has 7 heteroatoms. The molecule has 1 unspecified atom stereocenters. The van der Waals surface area contributed by atoms with E-state index in [4.69, 9.17) is 14.2 Å². The fraction of sp³-hybridized carbons (Fsp3) is 0.440. The zero-order valence-electron chi connectivity index (χ0n) is 19.0. The SMILES string of the molecule is CN=C(NCc1cccc(C(=O)OCc2ccccc2)c1)N1CCC(COCCOC)C1. The van der Waals surface area contributed by atoms with Crippen LogP contribution in [0.25, 0.3) is 0 Å². The van der Waals surface area contributed by atoms with Crippen LogP contribution in [0.4, 0.5) is 0 Å². The number of hydrogen-bond donors (Lipinski definition) is 1. The van der Waals surface area contributed by atoms with Crippen LogP contribution in [0.1, 0.15) is 27.9 Å². The van der Waals surface area contributed by atoms with E-state index in [2.05, 4.69) is 15.2 Å². The van der Waals surface area contributed by atoms with Crippen LogP contribution in [0.15, 0.2) is 59.6 Å². The minimum Gasteiger partial charge on any atom is -0.457 e. The second-order valence-electron chi connectivity index (χ2n) is 7.83. The quantitative estimate of drug-likeness (QED) is 0.265. The highest BCUT2D eigenvalue weighted by Gasteiger charge is 2.25. The minimum atomic E-state index is -0.323. The second kappa shape index (κ2) is 12.8. The van der Waals surface area contributed by atoms with Crippen molar-refractivity contribution in [2.24, 2.45) is 10.9 Å². The average Bonchev–Trinajstić information content (AvgIpc) is 3.30. The van der Waals surface area contributed by atoms with E-state index in [1.807, 2.05) is 48.5 Å². The number of guanidine groups is 1. The van der Waals surface area contributed by atoms with Crippen LogP contribution in [-0.2, 0) is 27.4 Å². The van der Waals surface area contributed by atoms with Gasteiger partial charge in [-0.2, -0.15) is 0 Å². The molecule has 1 aliphatic heterocycles. The van der Waals surface area contributed by atoms with Crippen molar-refractivity contribution >= 4 is 11.9 Å². The van der Waals surface area contributed by atoms with Gasteiger partial charge >= 0.3 is 5.97 Å². The molecule has 1 heterocycles. The lowest BCUT2D eigenvalue weighted by Crippen LogP contribution is -2.39. The van der Waals surface area contributed by atoms with Gasteiger partial charge in [0.15, 0.2) is 5.96 Å². The molecule has 172 valence electrons. The highest BCUT2D eigenvalue weighted by molar-refractivity contribution is 5.89. The lowest BCUT2D eigenvalue weighted by molar-refractivity contribution is 0.0472. The van der Waals surface area contributed by atoms with E-state index in [0.717, 1.165) is 43.2 Å². The second-order valence-corrected chi connectivity index (χ2v) is 7.83. The molecule has 0 bridgehead atoms. The Kier molecular flexibility index (Phi) is 9.53. The number of rotatable bonds is 10. The largest absolute Gasteiger partial charge is 0.457 e. The molecule has 0 aliphatic carbocycles. The summed E-state index contributed by atoms with van der Waals surface area (Å²) in [6.45, 7) is 4.70. The summed E-state index contributed by atoms with van der Waals surface area (Å²) < 4.78 is 16.1. The molecular formula is C25H33N3O4. The molecular weight excluding hydrogens is 406 g/mol. The first-order valence-electron chi connectivity index (χ1n) is 11.0. The maximum Gasteiger partial charge on any atom is 0.338 e. The van der Waals surface area contributed by atoms with Gasteiger partial charge in [0.2, 0.25) is 0 Å². The van der Waals surface area contributed by atoms with Crippen LogP contribution < -0.4 is 5.32 Å². The summed E-state index contributed by atoms with van der Waals surface area (Å²) >= 11 is 0. The third-order valence-corrected chi connectivity index (χ3v) is 5.41. The Hall–Kier alpha value is -2.90. The summed E-state index contributed by atoms with van der Waals surface area (Å²) in [5.74, 6) is 1.03. The van der Waals surface area contributed by atoms with Gasteiger partial charge in [-0.05, 0) is 29.7 Å². The van der Waals surface area contributed by atoms with Gasteiger partial charge in [0.1, 0.15) is 6.61 Å². The Bertz CT molecular complexity index is 873. The fourth-order valence-corrected chi connectivity index (χ4v) is 3.68. The van der Waals surface area contributed by atoms with Crippen molar-refractivity contribution in [1.82, 2.24) is 10.2 Å². The van der Waals surface area contributed by atoms with Gasteiger partial charge in [-0.15, -0.1) is 0 Å². The van der Waals surface area contributed by atoms with Gasteiger partial charge in [0.25, 0.3) is 0 Å². The molecule has 0 amide bonds. The predicted octanol–water partition coefficient (Wildman–Crippen LogP) is 3.10. The average molecular weight is 440 g/mol. The number of carbonyl (C=O) groups excluding carboxylic acids is 1. The molecule has 0 radical (unpaired) electrons. The Labute approximate surface area is 190 Å². The lowest BCUT2D eigenvalue weighted by atomic mass is 10.1. The normalized spacial score (nSPS) is 16.2. The van der Waals surface area contributed by atoms with Gasteiger partial charge in [0.05, 0.1) is 25.4 Å². The summed E-state index contributed by atoms with van der Waals surface area (Å²) in [7, 11) is 3.47. The summed E-state index contributed by atoms with van der Waals surface area (Å²) in [5, 5.41) is 3.41. The van der Waals surface area contributed by atoms with Gasteiger partial charge in [-0.1, -0.05) is 42.5 Å². The molecule has 1 aliphatic rings. The Balaban J connectivity index is 1.47. The van der Waals surface area contributed by atoms with Crippen LogP contribution in [0, 0.1) is 5.92 Å². The molecule has 3 rings (SSSR count). The molecule has 2 aromatic carbocycles. The number of nitrogens with one attached hydrogen (secondary N) is 1. The third kappa shape index (κ3) is 7.35. The topological polar surface area (TPSA) is 72.4 Å². The van der Waals surface area contributed by atoms with E-state index in [1.165, 1.54) is 0 Å². The van der Waals surface area contributed by atoms with Crippen LogP contribution in [-0.4, -0.2) is 63.9 Å². The number of esters is 1. The Morgan fingerprint density at radius 3 is 2.72 bits per heavy atom. The first kappa shape index (κ1) is 23.8. The maximum absolute atomic E-state index is 12.4. The molecule has 7 nitrogen and oxygen atoms in total. The molecule has 2 aromatic rings. The van der Waals surface area contributed by atoms with Crippen molar-refractivity contribution in [3.05, 3.63) is 71.3 Å². The number of ether oxygens (including phenoxy) is 3. The number of methoxy groups -OCH3 is 1. The van der Waals surface area contributed by atoms with E-state index < -0.39 is 0 Å². The predicted molar refractivity (Wildman–Crippen MR) is 125 cm³/mol. The number of benzene rings is 2. The molecule has 1 saturated heterocycles. The van der Waals surface area contributed by atoms with Gasteiger partial charge in [0, 0.05) is 39.7 Å². The van der Waals surface area contributed by atoms with Crippen molar-refractivity contribution < 1.29 is 19.0 Å². The van der Waals surface area contributed by atoms with E-state index >= 15 is 0 Å². The Morgan fingerprint density at radius 1 is 1.12 bits per heavy atom. The van der Waals surface area contributed by atoms with Crippen molar-refractivity contribution in [1.29, 1.82) is 0 Å². The molecule has 1 atom stereocenters. The van der Waals surface area contributed by atoms with Gasteiger partial charge in [-0.3, -0.25) is 4.99 Å². The summed E-state index contributed by atoms with van der Waals surface area (Å²) in [6.07, 6.45) is 1.08. The summed E-state index contributed by atoms with van der Waals surface area (Å²) in [6, 6.07) is 17.2. The molecule has 0 spiro atoms. The molecule has 0 aromatic heterocycles. The number of likely N-dealkylation sites (tertiary alicyclic amines) is 1. The van der Waals surface area contributed by atoms with Crippen LogP contribution in [0.3, 0.4) is 0 Å². The van der Waals surface area contributed by atoms with Crippen molar-refractivity contribution in [2.75, 3.05) is 47.1 Å². The first-order valence-corrected chi connectivity index (χ1v) is 11.0. The first-order chi connectivity index (χ1) is 15.7.